The standard InChI is InChI=1S/C29H33NO8S/c1-4-36-27(31)19-37-29(35-3)14-12-20-13-15-30-18-24-21(16-25(30)23(20)17-29)10-11-26(34-2)28(24)38-39(32,33)22-8-6-5-7-9-22/h5-12,14,25H,4,13,15-19H2,1-3H3. The van der Waals surface area contributed by atoms with E-state index in [0.29, 0.717) is 25.1 Å². The molecule has 0 radical (unpaired) electrons. The van der Waals surface area contributed by atoms with Crippen molar-refractivity contribution in [1.29, 1.82) is 0 Å². The van der Waals surface area contributed by atoms with E-state index in [1.54, 1.807) is 38.3 Å². The van der Waals surface area contributed by atoms with Gasteiger partial charge in [0.05, 0.1) is 13.7 Å². The first-order valence-electron chi connectivity index (χ1n) is 13.0. The second-order valence-corrected chi connectivity index (χ2v) is 11.2. The molecule has 1 aliphatic carbocycles. The molecular formula is C29H33NO8S. The highest BCUT2D eigenvalue weighted by molar-refractivity contribution is 7.87. The maximum atomic E-state index is 13.1. The molecule has 0 spiro atoms. The minimum atomic E-state index is -4.05. The summed E-state index contributed by atoms with van der Waals surface area (Å²) < 4.78 is 54.2. The second kappa shape index (κ2) is 11.1. The zero-order valence-electron chi connectivity index (χ0n) is 22.3. The van der Waals surface area contributed by atoms with Crippen molar-refractivity contribution in [2.45, 2.75) is 49.5 Å². The smallest absolute Gasteiger partial charge is 0.339 e. The average Bonchev–Trinajstić information content (AvgIpc) is 2.96. The van der Waals surface area contributed by atoms with Crippen LogP contribution in [0.5, 0.6) is 11.5 Å². The summed E-state index contributed by atoms with van der Waals surface area (Å²) in [5, 5.41) is 0. The number of methoxy groups -OCH3 is 2. The Kier molecular flexibility index (Phi) is 7.82. The Balaban J connectivity index is 1.43. The van der Waals surface area contributed by atoms with Gasteiger partial charge in [-0.05, 0) is 60.8 Å². The number of fused-ring (bicyclic) bond motifs is 3. The third-order valence-corrected chi connectivity index (χ3v) is 8.76. The van der Waals surface area contributed by atoms with Gasteiger partial charge < -0.3 is 23.1 Å². The Hall–Kier alpha value is -3.18. The Morgan fingerprint density at radius 1 is 1.13 bits per heavy atom. The summed E-state index contributed by atoms with van der Waals surface area (Å²) in [4.78, 5) is 14.4. The van der Waals surface area contributed by atoms with Crippen molar-refractivity contribution in [3.63, 3.8) is 0 Å². The minimum absolute atomic E-state index is 0.0684. The van der Waals surface area contributed by atoms with Gasteiger partial charge in [-0.25, -0.2) is 4.79 Å². The van der Waals surface area contributed by atoms with Gasteiger partial charge in [0.25, 0.3) is 0 Å². The Bertz CT molecular complexity index is 1400. The number of hydrogen-bond donors (Lipinski definition) is 0. The lowest BCUT2D eigenvalue weighted by atomic mass is 9.78. The summed E-state index contributed by atoms with van der Waals surface area (Å²) in [6.07, 6.45) is 5.88. The number of benzene rings is 2. The van der Waals surface area contributed by atoms with Crippen molar-refractivity contribution in [2.24, 2.45) is 0 Å². The fraction of sp³-hybridized carbons (Fsp3) is 0.414. The van der Waals surface area contributed by atoms with Gasteiger partial charge >= 0.3 is 16.1 Å². The maximum Gasteiger partial charge on any atom is 0.339 e. The number of ether oxygens (including phenoxy) is 4. The first-order valence-corrected chi connectivity index (χ1v) is 14.4. The molecular weight excluding hydrogens is 522 g/mol. The van der Waals surface area contributed by atoms with Crippen LogP contribution in [0, 0.1) is 0 Å². The van der Waals surface area contributed by atoms with Crippen molar-refractivity contribution >= 4 is 16.1 Å². The Morgan fingerprint density at radius 2 is 1.92 bits per heavy atom. The van der Waals surface area contributed by atoms with E-state index in [9.17, 15) is 13.2 Å². The molecule has 2 aromatic rings. The first-order chi connectivity index (χ1) is 18.8. The molecule has 3 aliphatic rings. The topological polar surface area (TPSA) is 101 Å². The fourth-order valence-corrected chi connectivity index (χ4v) is 6.52. The van der Waals surface area contributed by atoms with E-state index in [2.05, 4.69) is 4.90 Å². The molecule has 0 aromatic heterocycles. The minimum Gasteiger partial charge on any atom is -0.493 e. The molecule has 0 fully saturated rings. The molecule has 9 nitrogen and oxygen atoms in total. The molecule has 0 bridgehead atoms. The number of allylic oxidation sites excluding steroid dienone is 1. The summed E-state index contributed by atoms with van der Waals surface area (Å²) in [5.41, 5.74) is 4.23. The molecule has 2 aromatic carbocycles. The van der Waals surface area contributed by atoms with Crippen molar-refractivity contribution in [3.8, 4) is 11.5 Å². The highest BCUT2D eigenvalue weighted by Gasteiger charge is 2.42. The SMILES string of the molecule is CCOC(=O)COC1(OC)C=CC2=C(C1)C1Cc3ccc(OC)c(OS(=O)(=O)c4ccccc4)c3CN1CC2. The van der Waals surface area contributed by atoms with E-state index in [1.807, 2.05) is 18.2 Å². The number of esters is 1. The molecule has 2 unspecified atom stereocenters. The number of hydrogen-bond acceptors (Lipinski definition) is 9. The molecule has 0 amide bonds. The van der Waals surface area contributed by atoms with Crippen LogP contribution >= 0.6 is 0 Å². The second-order valence-electron chi connectivity index (χ2n) is 9.70. The number of carbonyl (C=O) groups is 1. The van der Waals surface area contributed by atoms with Crippen LogP contribution in [0.1, 0.15) is 30.9 Å². The third kappa shape index (κ3) is 5.47. The molecule has 0 saturated carbocycles. The summed E-state index contributed by atoms with van der Waals surface area (Å²) in [5.74, 6) is -0.905. The quantitative estimate of drug-likeness (QED) is 0.260. The monoisotopic (exact) mass is 555 g/mol. The number of nitrogens with zero attached hydrogens (tertiary/aromatic N) is 1. The fourth-order valence-electron chi connectivity index (χ4n) is 5.53. The van der Waals surface area contributed by atoms with Crippen LogP contribution in [0.15, 0.2) is 70.7 Å². The van der Waals surface area contributed by atoms with Crippen LogP contribution in [0.4, 0.5) is 0 Å². The summed E-state index contributed by atoms with van der Waals surface area (Å²) in [6, 6.07) is 11.9. The molecule has 39 heavy (non-hydrogen) atoms. The van der Waals surface area contributed by atoms with Crippen molar-refractivity contribution in [2.75, 3.05) is 34.0 Å². The lowest BCUT2D eigenvalue weighted by molar-refractivity contribution is -0.200. The molecule has 2 atom stereocenters. The molecule has 0 saturated heterocycles. The van der Waals surface area contributed by atoms with E-state index < -0.39 is 21.9 Å². The molecule has 0 N–H and O–H groups in total. The normalized spacial score (nSPS) is 22.5. The largest absolute Gasteiger partial charge is 0.493 e. The third-order valence-electron chi connectivity index (χ3n) is 7.53. The van der Waals surface area contributed by atoms with Crippen molar-refractivity contribution in [1.82, 2.24) is 4.90 Å². The van der Waals surface area contributed by atoms with E-state index in [1.165, 1.54) is 30.4 Å². The van der Waals surface area contributed by atoms with Gasteiger partial charge in [-0.2, -0.15) is 8.42 Å². The summed E-state index contributed by atoms with van der Waals surface area (Å²) in [6.45, 7) is 3.14. The molecule has 2 aliphatic heterocycles. The average molecular weight is 556 g/mol. The predicted molar refractivity (Wildman–Crippen MR) is 143 cm³/mol. The van der Waals surface area contributed by atoms with Crippen molar-refractivity contribution in [3.05, 3.63) is 76.9 Å². The Labute approximate surface area is 229 Å². The van der Waals surface area contributed by atoms with E-state index in [-0.39, 0.29) is 29.9 Å². The van der Waals surface area contributed by atoms with Gasteiger partial charge in [0, 0.05) is 38.2 Å². The molecule has 208 valence electrons. The molecule has 10 heteroatoms. The van der Waals surface area contributed by atoms with E-state index in [0.717, 1.165) is 24.1 Å². The van der Waals surface area contributed by atoms with Crippen LogP contribution in [-0.2, 0) is 42.1 Å². The number of carbonyl (C=O) groups excluding carboxylic acids is 1. The van der Waals surface area contributed by atoms with Gasteiger partial charge in [-0.3, -0.25) is 4.90 Å². The molecule has 2 heterocycles. The van der Waals surface area contributed by atoms with Crippen molar-refractivity contribution < 1.29 is 36.3 Å². The van der Waals surface area contributed by atoms with E-state index >= 15 is 0 Å². The first kappa shape index (κ1) is 27.4. The lowest BCUT2D eigenvalue weighted by Gasteiger charge is -2.46. The van der Waals surface area contributed by atoms with Gasteiger partial charge in [0.15, 0.2) is 17.3 Å². The zero-order valence-corrected chi connectivity index (χ0v) is 23.2. The lowest BCUT2D eigenvalue weighted by Crippen LogP contribution is -2.49. The van der Waals surface area contributed by atoms with Crippen LogP contribution in [0.2, 0.25) is 0 Å². The Morgan fingerprint density at radius 3 is 2.64 bits per heavy atom. The van der Waals surface area contributed by atoms with Gasteiger partial charge in [0.1, 0.15) is 11.5 Å². The summed E-state index contributed by atoms with van der Waals surface area (Å²) in [7, 11) is -0.979. The van der Waals surface area contributed by atoms with Crippen LogP contribution < -0.4 is 8.92 Å². The predicted octanol–water partition coefficient (Wildman–Crippen LogP) is 3.77. The zero-order chi connectivity index (χ0) is 27.6. The molecule has 5 rings (SSSR count). The maximum absolute atomic E-state index is 13.1. The summed E-state index contributed by atoms with van der Waals surface area (Å²) >= 11 is 0. The highest BCUT2D eigenvalue weighted by Crippen LogP contribution is 2.45. The van der Waals surface area contributed by atoms with Crippen LogP contribution in [-0.4, -0.2) is 65.1 Å². The van der Waals surface area contributed by atoms with Gasteiger partial charge in [-0.15, -0.1) is 0 Å². The van der Waals surface area contributed by atoms with Gasteiger partial charge in [0.2, 0.25) is 0 Å². The number of rotatable bonds is 9. The van der Waals surface area contributed by atoms with Crippen LogP contribution in [0.25, 0.3) is 0 Å². The van der Waals surface area contributed by atoms with E-state index in [4.69, 9.17) is 23.1 Å². The van der Waals surface area contributed by atoms with Crippen LogP contribution in [0.3, 0.4) is 0 Å². The highest BCUT2D eigenvalue weighted by atomic mass is 32.2. The van der Waals surface area contributed by atoms with Gasteiger partial charge in [-0.1, -0.05) is 30.3 Å².